The number of carbonyl (C=O) groups is 1. The van der Waals surface area contributed by atoms with E-state index in [1.807, 2.05) is 47.8 Å². The summed E-state index contributed by atoms with van der Waals surface area (Å²) in [7, 11) is 1.54. The number of nitrogens with one attached hydrogen (secondary N) is 2. The molecular weight excluding hydrogens is 460 g/mol. The summed E-state index contributed by atoms with van der Waals surface area (Å²) in [5, 5.41) is 10.1. The van der Waals surface area contributed by atoms with Crippen molar-refractivity contribution < 1.29 is 14.3 Å². The van der Waals surface area contributed by atoms with E-state index in [4.69, 9.17) is 15.9 Å². The van der Waals surface area contributed by atoms with Crippen molar-refractivity contribution in [2.24, 2.45) is 5.10 Å². The van der Waals surface area contributed by atoms with E-state index < -0.39 is 0 Å². The number of nitrogens with zero attached hydrogens (tertiary/aromatic N) is 2. The molecule has 0 aliphatic heterocycles. The quantitative estimate of drug-likeness (QED) is 0.191. The normalized spacial score (nSPS) is 10.5. The molecule has 174 valence electrons. The Bertz CT molecular complexity index is 1360. The molecule has 8 heteroatoms. The van der Waals surface area contributed by atoms with Gasteiger partial charge >= 0.3 is 0 Å². The highest BCUT2D eigenvalue weighted by molar-refractivity contribution is 7.14. The van der Waals surface area contributed by atoms with Gasteiger partial charge in [0.2, 0.25) is 0 Å². The molecule has 0 aliphatic rings. The minimum Gasteiger partial charge on any atom is -0.493 e. The summed E-state index contributed by atoms with van der Waals surface area (Å²) in [4.78, 5) is 17.1. The first-order valence-corrected chi connectivity index (χ1v) is 11.5. The lowest BCUT2D eigenvalue weighted by atomic mass is 10.1. The number of benzene rings is 3. The zero-order valence-corrected chi connectivity index (χ0v) is 19.7. The minimum absolute atomic E-state index is 0.146. The SMILES string of the molecule is C#CCOc1ccc(/C=N\NC(=O)c2ccc(-c3csc(Nc4ccccc4)n3)cc2)cc1OC. The van der Waals surface area contributed by atoms with Crippen molar-refractivity contribution in [2.45, 2.75) is 0 Å². The zero-order chi connectivity index (χ0) is 24.5. The van der Waals surface area contributed by atoms with Crippen LogP contribution in [0.2, 0.25) is 0 Å². The summed E-state index contributed by atoms with van der Waals surface area (Å²) in [6, 6.07) is 22.3. The Kier molecular flexibility index (Phi) is 7.73. The third kappa shape index (κ3) is 6.25. The molecule has 1 aromatic heterocycles. The van der Waals surface area contributed by atoms with Crippen molar-refractivity contribution >= 4 is 34.3 Å². The molecule has 0 saturated carbocycles. The third-order valence-corrected chi connectivity index (χ3v) is 5.61. The Morgan fingerprint density at radius 3 is 2.66 bits per heavy atom. The number of hydrazone groups is 1. The molecule has 4 rings (SSSR count). The summed E-state index contributed by atoms with van der Waals surface area (Å²) in [6.45, 7) is 0.146. The molecule has 0 saturated heterocycles. The van der Waals surface area contributed by atoms with Gasteiger partial charge in [-0.3, -0.25) is 4.79 Å². The molecular formula is C27H22N4O3S. The molecule has 2 N–H and O–H groups in total. The molecule has 0 fully saturated rings. The lowest BCUT2D eigenvalue weighted by Gasteiger charge is -2.09. The highest BCUT2D eigenvalue weighted by Gasteiger charge is 2.09. The first kappa shape index (κ1) is 23.5. The van der Waals surface area contributed by atoms with Gasteiger partial charge in [0.1, 0.15) is 6.61 Å². The van der Waals surface area contributed by atoms with Crippen LogP contribution in [0.4, 0.5) is 10.8 Å². The molecule has 0 bridgehead atoms. The lowest BCUT2D eigenvalue weighted by molar-refractivity contribution is 0.0955. The van der Waals surface area contributed by atoms with Crippen molar-refractivity contribution in [2.75, 3.05) is 19.0 Å². The number of anilines is 2. The molecule has 3 aromatic carbocycles. The van der Waals surface area contributed by atoms with Crippen molar-refractivity contribution in [3.8, 4) is 35.1 Å². The van der Waals surface area contributed by atoms with E-state index in [9.17, 15) is 4.79 Å². The van der Waals surface area contributed by atoms with Crippen molar-refractivity contribution in [3.05, 3.63) is 89.3 Å². The van der Waals surface area contributed by atoms with Crippen LogP contribution in [0.5, 0.6) is 11.5 Å². The number of para-hydroxylation sites is 1. The summed E-state index contributed by atoms with van der Waals surface area (Å²) >= 11 is 1.52. The van der Waals surface area contributed by atoms with Gasteiger partial charge in [0.25, 0.3) is 5.91 Å². The number of hydrogen-bond donors (Lipinski definition) is 2. The van der Waals surface area contributed by atoms with E-state index >= 15 is 0 Å². The Morgan fingerprint density at radius 1 is 1.11 bits per heavy atom. The highest BCUT2D eigenvalue weighted by atomic mass is 32.1. The largest absolute Gasteiger partial charge is 0.493 e. The predicted octanol–water partition coefficient (Wildman–Crippen LogP) is 5.34. The topological polar surface area (TPSA) is 84.8 Å². The molecule has 0 radical (unpaired) electrons. The van der Waals surface area contributed by atoms with Crippen LogP contribution in [0.25, 0.3) is 11.3 Å². The number of terminal acetylenes is 1. The molecule has 0 atom stereocenters. The fourth-order valence-electron chi connectivity index (χ4n) is 3.13. The van der Waals surface area contributed by atoms with Crippen LogP contribution in [0, 0.1) is 12.3 Å². The van der Waals surface area contributed by atoms with Gasteiger partial charge in [-0.2, -0.15) is 5.10 Å². The standard InChI is InChI=1S/C27H22N4O3S/c1-3-15-34-24-14-9-19(16-25(24)33-2)17-28-31-26(32)21-12-10-20(11-13-21)23-18-35-27(30-23)29-22-7-5-4-6-8-22/h1,4-14,16-18H,15H2,2H3,(H,29,30)(H,31,32)/b28-17-. The second-order valence-electron chi connectivity index (χ2n) is 7.21. The average Bonchev–Trinajstić information content (AvgIpc) is 3.36. The van der Waals surface area contributed by atoms with Crippen LogP contribution < -0.4 is 20.2 Å². The van der Waals surface area contributed by atoms with E-state index in [0.717, 1.165) is 27.6 Å². The van der Waals surface area contributed by atoms with Crippen molar-refractivity contribution in [3.63, 3.8) is 0 Å². The van der Waals surface area contributed by atoms with Gasteiger partial charge in [0.15, 0.2) is 16.6 Å². The summed E-state index contributed by atoms with van der Waals surface area (Å²) in [6.07, 6.45) is 6.75. The van der Waals surface area contributed by atoms with Gasteiger partial charge in [-0.25, -0.2) is 10.4 Å². The van der Waals surface area contributed by atoms with E-state index in [2.05, 4.69) is 26.7 Å². The lowest BCUT2D eigenvalue weighted by Crippen LogP contribution is -2.17. The summed E-state index contributed by atoms with van der Waals surface area (Å²) in [5.41, 5.74) is 6.48. The Balaban J connectivity index is 1.35. The summed E-state index contributed by atoms with van der Waals surface area (Å²) in [5.74, 6) is 3.15. The fourth-order valence-corrected chi connectivity index (χ4v) is 3.87. The number of rotatable bonds is 9. The van der Waals surface area contributed by atoms with Crippen LogP contribution in [-0.2, 0) is 0 Å². The molecule has 7 nitrogen and oxygen atoms in total. The Labute approximate surface area is 207 Å². The number of hydrogen-bond acceptors (Lipinski definition) is 7. The number of carbonyl (C=O) groups excluding carboxylic acids is 1. The van der Waals surface area contributed by atoms with Gasteiger partial charge in [-0.15, -0.1) is 17.8 Å². The van der Waals surface area contributed by atoms with Crippen molar-refractivity contribution in [1.29, 1.82) is 0 Å². The number of amides is 1. The maximum atomic E-state index is 12.5. The molecule has 0 spiro atoms. The Morgan fingerprint density at radius 2 is 1.91 bits per heavy atom. The van der Waals surface area contributed by atoms with Crippen molar-refractivity contribution in [1.82, 2.24) is 10.4 Å². The van der Waals surface area contributed by atoms with Crippen LogP contribution >= 0.6 is 11.3 Å². The maximum Gasteiger partial charge on any atom is 0.271 e. The number of aromatic nitrogens is 1. The number of thiazole rings is 1. The van der Waals surface area contributed by atoms with Gasteiger partial charge in [-0.05, 0) is 48.0 Å². The number of ether oxygens (including phenoxy) is 2. The predicted molar refractivity (Wildman–Crippen MR) is 140 cm³/mol. The van der Waals surface area contributed by atoms with E-state index in [1.165, 1.54) is 24.7 Å². The average molecular weight is 483 g/mol. The molecule has 1 amide bonds. The molecule has 35 heavy (non-hydrogen) atoms. The van der Waals surface area contributed by atoms with Gasteiger partial charge < -0.3 is 14.8 Å². The second-order valence-corrected chi connectivity index (χ2v) is 8.07. The smallest absolute Gasteiger partial charge is 0.271 e. The highest BCUT2D eigenvalue weighted by Crippen LogP contribution is 2.28. The summed E-state index contributed by atoms with van der Waals surface area (Å²) < 4.78 is 10.7. The second kappa shape index (κ2) is 11.5. The minimum atomic E-state index is -0.321. The molecule has 0 unspecified atom stereocenters. The first-order chi connectivity index (χ1) is 17.2. The fraction of sp³-hybridized carbons (Fsp3) is 0.0741. The van der Waals surface area contributed by atoms with Crippen LogP contribution in [-0.4, -0.2) is 30.8 Å². The van der Waals surface area contributed by atoms with Crippen LogP contribution in [0.3, 0.4) is 0 Å². The van der Waals surface area contributed by atoms with Gasteiger partial charge in [-0.1, -0.05) is 36.3 Å². The number of methoxy groups -OCH3 is 1. The Hall–Kier alpha value is -4.61. The van der Waals surface area contributed by atoms with Crippen LogP contribution in [0.15, 0.2) is 83.3 Å². The van der Waals surface area contributed by atoms with E-state index in [1.54, 1.807) is 30.3 Å². The van der Waals surface area contributed by atoms with E-state index in [0.29, 0.717) is 17.1 Å². The first-order valence-electron chi connectivity index (χ1n) is 10.6. The zero-order valence-electron chi connectivity index (χ0n) is 18.9. The molecule has 4 aromatic rings. The third-order valence-electron chi connectivity index (χ3n) is 4.85. The van der Waals surface area contributed by atoms with Gasteiger partial charge in [0.05, 0.1) is 19.0 Å². The monoisotopic (exact) mass is 482 g/mol. The molecule has 1 heterocycles. The van der Waals surface area contributed by atoms with E-state index in [-0.39, 0.29) is 12.5 Å². The molecule has 0 aliphatic carbocycles. The van der Waals surface area contributed by atoms with Crippen LogP contribution in [0.1, 0.15) is 15.9 Å². The maximum absolute atomic E-state index is 12.5. The van der Waals surface area contributed by atoms with Gasteiger partial charge in [0, 0.05) is 22.2 Å².